The SMILES string of the molecule is COc1ccc2c(NCCCOCC3CC3)nccc2c1. The van der Waals surface area contributed by atoms with Crippen LogP contribution in [0.2, 0.25) is 0 Å². The summed E-state index contributed by atoms with van der Waals surface area (Å²) >= 11 is 0. The highest BCUT2D eigenvalue weighted by molar-refractivity contribution is 5.92. The summed E-state index contributed by atoms with van der Waals surface area (Å²) in [6.07, 6.45) is 5.53. The first kappa shape index (κ1) is 14.1. The van der Waals surface area contributed by atoms with Crippen molar-refractivity contribution in [3.05, 3.63) is 30.5 Å². The van der Waals surface area contributed by atoms with Gasteiger partial charge in [0.2, 0.25) is 0 Å². The molecule has 4 nitrogen and oxygen atoms in total. The van der Waals surface area contributed by atoms with Gasteiger partial charge in [0.05, 0.1) is 7.11 Å². The van der Waals surface area contributed by atoms with Crippen molar-refractivity contribution in [3.63, 3.8) is 0 Å². The second-order valence-electron chi connectivity index (χ2n) is 5.55. The van der Waals surface area contributed by atoms with Crippen LogP contribution in [-0.2, 0) is 4.74 Å². The summed E-state index contributed by atoms with van der Waals surface area (Å²) in [5.41, 5.74) is 0. The minimum absolute atomic E-state index is 0.822. The lowest BCUT2D eigenvalue weighted by Gasteiger charge is -2.10. The summed E-state index contributed by atoms with van der Waals surface area (Å²) < 4.78 is 10.9. The van der Waals surface area contributed by atoms with Crippen LogP contribution in [-0.4, -0.2) is 31.9 Å². The highest BCUT2D eigenvalue weighted by atomic mass is 16.5. The number of benzene rings is 1. The molecule has 0 atom stereocenters. The Morgan fingerprint density at radius 1 is 1.29 bits per heavy atom. The number of fused-ring (bicyclic) bond motifs is 1. The van der Waals surface area contributed by atoms with Crippen LogP contribution < -0.4 is 10.1 Å². The van der Waals surface area contributed by atoms with Gasteiger partial charge in [-0.15, -0.1) is 0 Å². The number of hydrogen-bond donors (Lipinski definition) is 1. The van der Waals surface area contributed by atoms with E-state index in [1.165, 1.54) is 12.8 Å². The van der Waals surface area contributed by atoms with Crippen molar-refractivity contribution in [3.8, 4) is 5.75 Å². The lowest BCUT2D eigenvalue weighted by molar-refractivity contribution is 0.124. The molecule has 1 aliphatic rings. The molecule has 1 aromatic heterocycles. The average molecular weight is 286 g/mol. The highest BCUT2D eigenvalue weighted by Gasteiger charge is 2.20. The molecule has 4 heteroatoms. The summed E-state index contributed by atoms with van der Waals surface area (Å²) in [5.74, 6) is 2.64. The van der Waals surface area contributed by atoms with Crippen molar-refractivity contribution >= 4 is 16.6 Å². The van der Waals surface area contributed by atoms with Gasteiger partial charge in [-0.05, 0) is 54.8 Å². The van der Waals surface area contributed by atoms with Crippen molar-refractivity contribution in [1.82, 2.24) is 4.98 Å². The highest BCUT2D eigenvalue weighted by Crippen LogP contribution is 2.28. The van der Waals surface area contributed by atoms with E-state index in [2.05, 4.69) is 10.3 Å². The molecule has 0 unspecified atom stereocenters. The van der Waals surface area contributed by atoms with E-state index in [1.807, 2.05) is 30.5 Å². The van der Waals surface area contributed by atoms with Gasteiger partial charge in [0.15, 0.2) is 0 Å². The number of nitrogens with zero attached hydrogens (tertiary/aromatic N) is 1. The van der Waals surface area contributed by atoms with Crippen molar-refractivity contribution in [1.29, 1.82) is 0 Å². The number of pyridine rings is 1. The summed E-state index contributed by atoms with van der Waals surface area (Å²) in [5, 5.41) is 5.66. The fourth-order valence-corrected chi connectivity index (χ4v) is 2.34. The molecule has 0 spiro atoms. The third-order valence-electron chi connectivity index (χ3n) is 3.78. The van der Waals surface area contributed by atoms with E-state index in [4.69, 9.17) is 9.47 Å². The Labute approximate surface area is 125 Å². The fourth-order valence-electron chi connectivity index (χ4n) is 2.34. The zero-order valence-electron chi connectivity index (χ0n) is 12.5. The van der Waals surface area contributed by atoms with Crippen molar-refractivity contribution in [2.75, 3.05) is 32.2 Å². The molecular formula is C17H22N2O2. The maximum atomic E-state index is 5.64. The summed E-state index contributed by atoms with van der Waals surface area (Å²) in [4.78, 5) is 4.43. The number of methoxy groups -OCH3 is 1. The van der Waals surface area contributed by atoms with E-state index in [1.54, 1.807) is 7.11 Å². The van der Waals surface area contributed by atoms with Crippen LogP contribution in [0.4, 0.5) is 5.82 Å². The number of hydrogen-bond acceptors (Lipinski definition) is 4. The lowest BCUT2D eigenvalue weighted by Crippen LogP contribution is -2.08. The van der Waals surface area contributed by atoms with E-state index < -0.39 is 0 Å². The third-order valence-corrected chi connectivity index (χ3v) is 3.78. The average Bonchev–Trinajstić information content (AvgIpc) is 3.34. The molecular weight excluding hydrogens is 264 g/mol. The maximum absolute atomic E-state index is 5.64. The molecule has 0 saturated heterocycles. The molecule has 0 amide bonds. The number of nitrogens with one attached hydrogen (secondary N) is 1. The Kier molecular flexibility index (Phi) is 4.55. The number of rotatable bonds is 8. The molecule has 112 valence electrons. The van der Waals surface area contributed by atoms with Crippen molar-refractivity contribution in [2.45, 2.75) is 19.3 Å². The first-order valence-electron chi connectivity index (χ1n) is 7.61. The van der Waals surface area contributed by atoms with Gasteiger partial charge in [0.25, 0.3) is 0 Å². The molecule has 1 aromatic carbocycles. The molecule has 0 bridgehead atoms. The summed E-state index contributed by atoms with van der Waals surface area (Å²) in [6.45, 7) is 2.64. The van der Waals surface area contributed by atoms with Gasteiger partial charge >= 0.3 is 0 Å². The first-order valence-corrected chi connectivity index (χ1v) is 7.61. The Morgan fingerprint density at radius 3 is 3.00 bits per heavy atom. The maximum Gasteiger partial charge on any atom is 0.133 e. The molecule has 1 N–H and O–H groups in total. The molecule has 1 aliphatic carbocycles. The summed E-state index contributed by atoms with van der Waals surface area (Å²) in [6, 6.07) is 8.05. The van der Waals surface area contributed by atoms with Crippen LogP contribution in [0.3, 0.4) is 0 Å². The van der Waals surface area contributed by atoms with Gasteiger partial charge in [0.1, 0.15) is 11.6 Å². The van der Waals surface area contributed by atoms with Crippen LogP contribution >= 0.6 is 0 Å². The molecule has 2 aromatic rings. The van der Waals surface area contributed by atoms with Gasteiger partial charge in [-0.1, -0.05) is 0 Å². The van der Waals surface area contributed by atoms with E-state index in [9.17, 15) is 0 Å². The second-order valence-corrected chi connectivity index (χ2v) is 5.55. The van der Waals surface area contributed by atoms with Crippen molar-refractivity contribution in [2.24, 2.45) is 5.92 Å². The van der Waals surface area contributed by atoms with E-state index >= 15 is 0 Å². The van der Waals surface area contributed by atoms with Gasteiger partial charge in [0, 0.05) is 31.3 Å². The van der Waals surface area contributed by atoms with Gasteiger partial charge in [-0.3, -0.25) is 0 Å². The van der Waals surface area contributed by atoms with E-state index in [-0.39, 0.29) is 0 Å². The first-order chi connectivity index (χ1) is 10.4. The Hall–Kier alpha value is -1.81. The number of aromatic nitrogens is 1. The Morgan fingerprint density at radius 2 is 2.19 bits per heavy atom. The van der Waals surface area contributed by atoms with Gasteiger partial charge < -0.3 is 14.8 Å². The fraction of sp³-hybridized carbons (Fsp3) is 0.471. The standard InChI is InChI=1S/C17H22N2O2/c1-20-15-5-6-16-14(11-15)7-9-19-17(16)18-8-2-10-21-12-13-3-4-13/h5-7,9,11,13H,2-4,8,10,12H2,1H3,(H,18,19). The smallest absolute Gasteiger partial charge is 0.133 e. The lowest BCUT2D eigenvalue weighted by atomic mass is 10.1. The Bertz CT molecular complexity index is 596. The molecule has 0 radical (unpaired) electrons. The minimum Gasteiger partial charge on any atom is -0.497 e. The minimum atomic E-state index is 0.822. The molecule has 1 fully saturated rings. The quantitative estimate of drug-likeness (QED) is 0.755. The second kappa shape index (κ2) is 6.76. The van der Waals surface area contributed by atoms with Crippen LogP contribution in [0, 0.1) is 5.92 Å². The molecule has 1 saturated carbocycles. The normalized spacial score (nSPS) is 14.3. The largest absolute Gasteiger partial charge is 0.497 e. The zero-order valence-corrected chi connectivity index (χ0v) is 12.5. The van der Waals surface area contributed by atoms with Crippen LogP contribution in [0.15, 0.2) is 30.5 Å². The van der Waals surface area contributed by atoms with Crippen LogP contribution in [0.5, 0.6) is 5.75 Å². The monoisotopic (exact) mass is 286 g/mol. The Balaban J connectivity index is 1.53. The topological polar surface area (TPSA) is 43.4 Å². The summed E-state index contributed by atoms with van der Waals surface area (Å²) in [7, 11) is 1.68. The van der Waals surface area contributed by atoms with Gasteiger partial charge in [-0.25, -0.2) is 4.98 Å². The predicted molar refractivity (Wildman–Crippen MR) is 84.9 cm³/mol. The van der Waals surface area contributed by atoms with Crippen LogP contribution in [0.1, 0.15) is 19.3 Å². The van der Waals surface area contributed by atoms with Crippen LogP contribution in [0.25, 0.3) is 10.8 Å². The van der Waals surface area contributed by atoms with E-state index in [0.717, 1.165) is 54.4 Å². The van der Waals surface area contributed by atoms with Gasteiger partial charge in [-0.2, -0.15) is 0 Å². The number of ether oxygens (including phenoxy) is 2. The number of anilines is 1. The molecule has 21 heavy (non-hydrogen) atoms. The third kappa shape index (κ3) is 3.85. The molecule has 1 heterocycles. The van der Waals surface area contributed by atoms with E-state index in [0.29, 0.717) is 0 Å². The zero-order chi connectivity index (χ0) is 14.5. The molecule has 3 rings (SSSR count). The molecule has 0 aliphatic heterocycles. The predicted octanol–water partition coefficient (Wildman–Crippen LogP) is 3.47. The van der Waals surface area contributed by atoms with Crippen molar-refractivity contribution < 1.29 is 9.47 Å².